The molecule has 0 saturated carbocycles. The molecule has 16 aromatic carbocycles. The summed E-state index contributed by atoms with van der Waals surface area (Å²) in [6.45, 7) is 4.55. The van der Waals surface area contributed by atoms with Gasteiger partial charge in [0.15, 0.2) is 37.9 Å². The van der Waals surface area contributed by atoms with E-state index in [1.165, 1.54) is 0 Å². The molecule has 0 aliphatic rings. The van der Waals surface area contributed by atoms with Crippen LogP contribution in [0.1, 0.15) is 94.6 Å². The number of ether oxygens (including phenoxy) is 14. The van der Waals surface area contributed by atoms with Gasteiger partial charge in [-0.1, -0.05) is 267 Å². The van der Waals surface area contributed by atoms with Crippen LogP contribution in [0.15, 0.2) is 443 Å². The van der Waals surface area contributed by atoms with E-state index in [0.717, 1.165) is 106 Å². The summed E-state index contributed by atoms with van der Waals surface area (Å²) >= 11 is 0. The van der Waals surface area contributed by atoms with Crippen LogP contribution in [0.5, 0.6) is 80.5 Å². The molecule has 0 bridgehead atoms. The molecule has 142 heavy (non-hydrogen) atoms. The smallest absolute Gasteiger partial charge is 0.307 e. The standard InChI is InChI=1S/C124H107N2O16/c127-124(128)67-91-41-43-92(44-42-91)75-125-49-45-108(46-50-125)109-47-51-126(52-48-109)76-101-53-110(137-85-106-63-120(139-87-102-55-112(129-77-93-25-9-1-10-26-93)69-113(56-102)130-78-94-27-11-2-12-28-94)73-121(64-106)140-88-103-57-114(131-79-95-29-13-3-14-30-95)70-115(58-103)132-80-96-31-15-4-16-32-96)68-111(54-101)138-86-107-65-122(141-89-104-59-116(133-81-97-33-17-5-18-34-97)71-117(60-104)134-82-98-35-19-6-20-36-98)74-123(66-107)142-90-105-61-118(135-83-99-37-21-7-22-38-99)72-119(62-105)136-84-100-39-23-8-24-40-100/h1-66,68-74H,67,75-90H2/q+1/p+1. The van der Waals surface area contributed by atoms with Gasteiger partial charge in [0.2, 0.25) is 0 Å². The first-order chi connectivity index (χ1) is 69.9. The highest BCUT2D eigenvalue weighted by Crippen LogP contribution is 2.37. The first kappa shape index (κ1) is 94.8. The fraction of sp³-hybridized carbons (Fsp3) is 0.137. The Balaban J connectivity index is 0.664. The number of carboxylic acids is 1. The van der Waals surface area contributed by atoms with Crippen molar-refractivity contribution in [3.8, 4) is 91.6 Å². The van der Waals surface area contributed by atoms with E-state index in [1.54, 1.807) is 0 Å². The highest BCUT2D eigenvalue weighted by atomic mass is 16.5. The van der Waals surface area contributed by atoms with E-state index in [0.29, 0.717) is 146 Å². The number of carbonyl (C=O) groups is 1. The summed E-state index contributed by atoms with van der Waals surface area (Å²) in [4.78, 5) is 11.4. The largest absolute Gasteiger partial charge is 0.489 e. The van der Waals surface area contributed by atoms with Crippen LogP contribution in [0.25, 0.3) is 11.1 Å². The zero-order valence-electron chi connectivity index (χ0n) is 78.6. The average Bonchev–Trinajstić information content (AvgIpc) is 0.837. The van der Waals surface area contributed by atoms with Crippen molar-refractivity contribution in [3.63, 3.8) is 0 Å². The van der Waals surface area contributed by atoms with E-state index in [1.807, 2.05) is 394 Å². The van der Waals surface area contributed by atoms with E-state index in [-0.39, 0.29) is 46.1 Å². The molecule has 18 aromatic rings. The molecule has 1 N–H and O–H groups in total. The number of benzene rings is 16. The molecular weight excluding hydrogens is 1770 g/mol. The number of pyridine rings is 2. The quantitative estimate of drug-likeness (QED) is 0.0356. The zero-order valence-corrected chi connectivity index (χ0v) is 78.6. The molecule has 0 unspecified atom stereocenters. The minimum absolute atomic E-state index is 0.0203. The molecule has 0 fully saturated rings. The number of aliphatic carboxylic acids is 1. The van der Waals surface area contributed by atoms with Crippen LogP contribution in [0.4, 0.5) is 0 Å². The molecule has 18 heteroatoms. The van der Waals surface area contributed by atoms with Gasteiger partial charge in [0.05, 0.1) is 6.42 Å². The van der Waals surface area contributed by atoms with Gasteiger partial charge in [-0.25, -0.2) is 9.13 Å². The monoisotopic (exact) mass is 1880 g/mol. The van der Waals surface area contributed by atoms with Crippen molar-refractivity contribution in [1.82, 2.24) is 0 Å². The second-order valence-electron chi connectivity index (χ2n) is 34.5. The highest BCUT2D eigenvalue weighted by Gasteiger charge is 2.19. The predicted octanol–water partition coefficient (Wildman–Crippen LogP) is 25.8. The van der Waals surface area contributed by atoms with Gasteiger partial charge in [0.1, 0.15) is 173 Å². The van der Waals surface area contributed by atoms with Crippen LogP contribution >= 0.6 is 0 Å². The van der Waals surface area contributed by atoms with E-state index >= 15 is 0 Å². The number of rotatable bonds is 49. The first-order valence-corrected chi connectivity index (χ1v) is 47.3. The van der Waals surface area contributed by atoms with Crippen LogP contribution in [-0.2, 0) is 117 Å². The Hall–Kier alpha value is -17.5. The van der Waals surface area contributed by atoms with Crippen LogP contribution in [-0.4, -0.2) is 11.1 Å². The van der Waals surface area contributed by atoms with Crippen LogP contribution in [0.2, 0.25) is 0 Å². The summed E-state index contributed by atoms with van der Waals surface area (Å²) in [7, 11) is 0. The first-order valence-electron chi connectivity index (χ1n) is 47.3. The highest BCUT2D eigenvalue weighted by molar-refractivity contribution is 5.70. The van der Waals surface area contributed by atoms with Gasteiger partial charge in [0.25, 0.3) is 0 Å². The summed E-state index contributed by atoms with van der Waals surface area (Å²) in [5.41, 5.74) is 17.7. The van der Waals surface area contributed by atoms with Crippen molar-refractivity contribution in [1.29, 1.82) is 0 Å². The van der Waals surface area contributed by atoms with Gasteiger partial charge >= 0.3 is 5.97 Å². The molecule has 0 aliphatic heterocycles. The Morgan fingerprint density at radius 2 is 0.310 bits per heavy atom. The molecule has 2 aromatic heterocycles. The third-order valence-electron chi connectivity index (χ3n) is 23.2. The number of aromatic nitrogens is 2. The maximum absolute atomic E-state index is 11.4. The van der Waals surface area contributed by atoms with Gasteiger partial charge in [-0.2, -0.15) is 0 Å². The lowest BCUT2D eigenvalue weighted by atomic mass is 10.1. The summed E-state index contributed by atoms with van der Waals surface area (Å²) in [5, 5.41) is 9.36. The van der Waals surface area contributed by atoms with Gasteiger partial charge in [-0.15, -0.1) is 0 Å². The maximum Gasteiger partial charge on any atom is 0.307 e. The summed E-state index contributed by atoms with van der Waals surface area (Å²) in [5.74, 6) is 7.29. The average molecular weight is 1880 g/mol. The second-order valence-corrected chi connectivity index (χ2v) is 34.5. The normalized spacial score (nSPS) is 10.9. The van der Waals surface area contributed by atoms with E-state index < -0.39 is 5.97 Å². The van der Waals surface area contributed by atoms with Gasteiger partial charge in [0, 0.05) is 77.9 Å². The van der Waals surface area contributed by atoms with E-state index in [4.69, 9.17) is 66.3 Å². The maximum atomic E-state index is 11.4. The molecule has 0 spiro atoms. The lowest BCUT2D eigenvalue weighted by Crippen LogP contribution is -2.33. The lowest BCUT2D eigenvalue weighted by molar-refractivity contribution is -0.688. The molecular formula is C124H108N2O16+2. The summed E-state index contributed by atoms with van der Waals surface area (Å²) < 4.78 is 97.8. The van der Waals surface area contributed by atoms with Crippen molar-refractivity contribution >= 4 is 5.97 Å². The molecule has 18 nitrogen and oxygen atoms in total. The van der Waals surface area contributed by atoms with Crippen LogP contribution < -0.4 is 75.5 Å². The van der Waals surface area contributed by atoms with E-state index in [9.17, 15) is 9.90 Å². The molecule has 18 rings (SSSR count). The van der Waals surface area contributed by atoms with Gasteiger partial charge in [-0.3, -0.25) is 4.79 Å². The van der Waals surface area contributed by atoms with Gasteiger partial charge < -0.3 is 71.4 Å². The molecule has 0 aliphatic carbocycles. The number of nitrogens with zero attached hydrogens (tertiary/aromatic N) is 2. The Morgan fingerprint density at radius 1 is 0.162 bits per heavy atom. The molecule has 0 radical (unpaired) electrons. The third-order valence-corrected chi connectivity index (χ3v) is 23.2. The molecule has 0 amide bonds. The number of hydrogen-bond acceptors (Lipinski definition) is 15. The molecule has 0 saturated heterocycles. The Labute approximate surface area is 827 Å². The third kappa shape index (κ3) is 29.8. The van der Waals surface area contributed by atoms with Crippen molar-refractivity contribution in [2.24, 2.45) is 0 Å². The lowest BCUT2D eigenvalue weighted by Gasteiger charge is -2.17. The van der Waals surface area contributed by atoms with Crippen molar-refractivity contribution in [2.45, 2.75) is 112 Å². The fourth-order valence-corrected chi connectivity index (χ4v) is 16.0. The predicted molar refractivity (Wildman–Crippen MR) is 546 cm³/mol. The minimum Gasteiger partial charge on any atom is -0.489 e. The summed E-state index contributed by atoms with van der Waals surface area (Å²) in [6.07, 6.45) is 8.23. The van der Waals surface area contributed by atoms with Crippen molar-refractivity contribution < 1.29 is 85.4 Å². The summed E-state index contributed by atoms with van der Waals surface area (Å²) in [6, 6.07) is 138. The Morgan fingerprint density at radius 3 is 0.479 bits per heavy atom. The number of hydrogen-bond donors (Lipinski definition) is 1. The fourth-order valence-electron chi connectivity index (χ4n) is 16.0. The van der Waals surface area contributed by atoms with Crippen LogP contribution in [0, 0.1) is 0 Å². The van der Waals surface area contributed by atoms with Crippen LogP contribution in [0.3, 0.4) is 0 Å². The Bertz CT molecular complexity index is 6150. The minimum atomic E-state index is -0.859. The molecule has 708 valence electrons. The molecule has 2 heterocycles. The molecule has 0 atom stereocenters. The zero-order chi connectivity index (χ0) is 96.3. The van der Waals surface area contributed by atoms with Crippen molar-refractivity contribution in [3.05, 3.63) is 538 Å². The topological polar surface area (TPSA) is 174 Å². The SMILES string of the molecule is O=C(O)Cc1ccc(C[n+]2ccc(-c3cc[n+](Cc4cc(OCc5cc(OCc6cc(OCc7ccccc7)cc(OCc7ccccc7)c6)cc(OCc6cc(OCc7ccccc7)cc(OCc7ccccc7)c6)c5)cc(OCc5cc(OCc6cc(OCc7ccccc7)cc(OCc7ccccc7)c6)cc(OCc6cc(OCc7ccccc7)cc(OCc7ccccc7)c6)c5)c4)cc3)cc2)cc1. The second kappa shape index (κ2) is 49.0. The van der Waals surface area contributed by atoms with E-state index in [2.05, 4.69) is 58.2 Å². The van der Waals surface area contributed by atoms with Gasteiger partial charge in [-0.05, 0) is 180 Å². The van der Waals surface area contributed by atoms with Crippen molar-refractivity contribution in [2.75, 3.05) is 0 Å². The number of carboxylic acid groups (broad SMARTS) is 1. The Kier molecular flexibility index (Phi) is 32.7.